The maximum Gasteiger partial charge on any atom is 0.311 e. The lowest BCUT2D eigenvalue weighted by Gasteiger charge is -2.19. The predicted octanol–water partition coefficient (Wildman–Crippen LogP) is 2.80. The molecule has 0 amide bonds. The van der Waals surface area contributed by atoms with Crippen LogP contribution in [-0.2, 0) is 19.1 Å². The number of carbonyl (C=O) groups excluding carboxylic acids is 2. The van der Waals surface area contributed by atoms with E-state index in [9.17, 15) is 9.59 Å². The van der Waals surface area contributed by atoms with Gasteiger partial charge in [-0.15, -0.1) is 0 Å². The van der Waals surface area contributed by atoms with E-state index in [2.05, 4.69) is 0 Å². The van der Waals surface area contributed by atoms with Crippen LogP contribution in [-0.4, -0.2) is 18.7 Å². The number of rotatable bonds is 4. The molecule has 0 aromatic rings. The summed E-state index contributed by atoms with van der Waals surface area (Å²) in [6, 6.07) is 0. The van der Waals surface area contributed by atoms with Gasteiger partial charge in [-0.05, 0) is 25.7 Å². The summed E-state index contributed by atoms with van der Waals surface area (Å²) in [5.41, 5.74) is 0. The number of carbonyl (C=O) groups is 2. The maximum atomic E-state index is 11.7. The molecule has 4 heteroatoms. The van der Waals surface area contributed by atoms with Crippen LogP contribution in [0.4, 0.5) is 0 Å². The fraction of sp³-hybridized carbons (Fsp3) is 0.857. The van der Waals surface area contributed by atoms with Gasteiger partial charge in [0.1, 0.15) is 0 Å². The van der Waals surface area contributed by atoms with Gasteiger partial charge in [0.05, 0.1) is 11.8 Å². The Balaban J connectivity index is 1.62. The molecule has 0 unspecified atom stereocenters. The molecular formula is C14H22O4. The Kier molecular flexibility index (Phi) is 5.02. The van der Waals surface area contributed by atoms with E-state index >= 15 is 0 Å². The Hall–Kier alpha value is -1.06. The summed E-state index contributed by atoms with van der Waals surface area (Å²) in [4.78, 5) is 23.3. The summed E-state index contributed by atoms with van der Waals surface area (Å²) >= 11 is 0. The average molecular weight is 254 g/mol. The van der Waals surface area contributed by atoms with E-state index in [0.717, 1.165) is 51.4 Å². The first-order valence-corrected chi connectivity index (χ1v) is 7.10. The highest BCUT2D eigenvalue weighted by atomic mass is 16.7. The largest absolute Gasteiger partial charge is 0.428 e. The molecule has 2 aliphatic carbocycles. The van der Waals surface area contributed by atoms with E-state index in [-0.39, 0.29) is 30.6 Å². The Bertz CT molecular complexity index is 288. The lowest BCUT2D eigenvalue weighted by molar-refractivity contribution is -0.173. The third kappa shape index (κ3) is 3.72. The summed E-state index contributed by atoms with van der Waals surface area (Å²) in [5, 5.41) is 0. The van der Waals surface area contributed by atoms with Gasteiger partial charge in [0.2, 0.25) is 6.79 Å². The molecule has 0 heterocycles. The number of esters is 2. The highest BCUT2D eigenvalue weighted by Gasteiger charge is 2.25. The molecular weight excluding hydrogens is 232 g/mol. The monoisotopic (exact) mass is 254 g/mol. The van der Waals surface area contributed by atoms with Crippen molar-refractivity contribution < 1.29 is 19.1 Å². The van der Waals surface area contributed by atoms with E-state index in [1.54, 1.807) is 0 Å². The fourth-order valence-corrected chi connectivity index (χ4v) is 2.88. The topological polar surface area (TPSA) is 52.6 Å². The average Bonchev–Trinajstić information content (AvgIpc) is 2.93. The standard InChI is InChI=1S/C14H22O4/c15-13(11-6-2-1-3-7-11)17-10-18-14(16)12-8-4-5-9-12/h11-12H,1-10H2. The third-order valence-corrected chi connectivity index (χ3v) is 4.03. The lowest BCUT2D eigenvalue weighted by Crippen LogP contribution is -2.23. The normalized spacial score (nSPS) is 21.8. The van der Waals surface area contributed by atoms with E-state index < -0.39 is 0 Å². The highest BCUT2D eigenvalue weighted by Crippen LogP contribution is 2.26. The van der Waals surface area contributed by atoms with Crippen LogP contribution in [0.15, 0.2) is 0 Å². The lowest BCUT2D eigenvalue weighted by atomic mass is 9.89. The quantitative estimate of drug-likeness (QED) is 0.572. The number of hydrogen-bond acceptors (Lipinski definition) is 4. The summed E-state index contributed by atoms with van der Waals surface area (Å²) in [7, 11) is 0. The van der Waals surface area contributed by atoms with Crippen LogP contribution in [0.2, 0.25) is 0 Å². The Morgan fingerprint density at radius 2 is 1.11 bits per heavy atom. The van der Waals surface area contributed by atoms with Gasteiger partial charge in [-0.3, -0.25) is 9.59 Å². The van der Waals surface area contributed by atoms with Crippen molar-refractivity contribution in [2.45, 2.75) is 57.8 Å². The third-order valence-electron chi connectivity index (χ3n) is 4.03. The molecule has 0 atom stereocenters. The molecule has 18 heavy (non-hydrogen) atoms. The number of hydrogen-bond donors (Lipinski definition) is 0. The molecule has 2 fully saturated rings. The van der Waals surface area contributed by atoms with Crippen LogP contribution in [0.25, 0.3) is 0 Å². The van der Waals surface area contributed by atoms with Crippen molar-refractivity contribution in [1.82, 2.24) is 0 Å². The molecule has 4 nitrogen and oxygen atoms in total. The minimum atomic E-state index is -0.205. The predicted molar refractivity (Wildman–Crippen MR) is 65.6 cm³/mol. The second-order valence-electron chi connectivity index (χ2n) is 5.36. The maximum absolute atomic E-state index is 11.7. The van der Waals surface area contributed by atoms with Gasteiger partial charge < -0.3 is 9.47 Å². The fourth-order valence-electron chi connectivity index (χ4n) is 2.88. The van der Waals surface area contributed by atoms with Gasteiger partial charge in [-0.25, -0.2) is 0 Å². The van der Waals surface area contributed by atoms with Gasteiger partial charge in [0.15, 0.2) is 0 Å². The number of ether oxygens (including phenoxy) is 2. The molecule has 2 saturated carbocycles. The molecule has 0 aliphatic heterocycles. The van der Waals surface area contributed by atoms with Crippen molar-refractivity contribution in [2.75, 3.05) is 6.79 Å². The van der Waals surface area contributed by atoms with Gasteiger partial charge in [-0.2, -0.15) is 0 Å². The van der Waals surface area contributed by atoms with Crippen molar-refractivity contribution in [1.29, 1.82) is 0 Å². The summed E-state index contributed by atoms with van der Waals surface area (Å²) < 4.78 is 10.0. The first-order chi connectivity index (χ1) is 8.77. The van der Waals surface area contributed by atoms with Gasteiger partial charge >= 0.3 is 11.9 Å². The minimum absolute atomic E-state index is 0.0175. The van der Waals surface area contributed by atoms with Crippen LogP contribution in [0.3, 0.4) is 0 Å². The molecule has 102 valence electrons. The van der Waals surface area contributed by atoms with Crippen molar-refractivity contribution in [2.24, 2.45) is 11.8 Å². The molecule has 0 spiro atoms. The molecule has 0 saturated heterocycles. The van der Waals surface area contributed by atoms with Crippen molar-refractivity contribution in [3.63, 3.8) is 0 Å². The first-order valence-electron chi connectivity index (χ1n) is 7.10. The molecule has 0 radical (unpaired) electrons. The van der Waals surface area contributed by atoms with Crippen LogP contribution in [0.1, 0.15) is 57.8 Å². The van der Waals surface area contributed by atoms with Crippen LogP contribution >= 0.6 is 0 Å². The SMILES string of the molecule is O=C(OCOC(=O)C1CCCC1)C1CCCCC1. The molecule has 0 aromatic heterocycles. The van der Waals surface area contributed by atoms with Crippen molar-refractivity contribution >= 4 is 11.9 Å². The van der Waals surface area contributed by atoms with Crippen LogP contribution < -0.4 is 0 Å². The summed E-state index contributed by atoms with van der Waals surface area (Å²) in [6.07, 6.45) is 9.25. The molecule has 0 aromatic carbocycles. The van der Waals surface area contributed by atoms with E-state index in [1.807, 2.05) is 0 Å². The van der Waals surface area contributed by atoms with Gasteiger partial charge in [0, 0.05) is 0 Å². The molecule has 2 rings (SSSR count). The Morgan fingerprint density at radius 3 is 1.56 bits per heavy atom. The Labute approximate surface area is 108 Å². The second-order valence-corrected chi connectivity index (χ2v) is 5.36. The van der Waals surface area contributed by atoms with E-state index in [1.165, 1.54) is 6.42 Å². The minimum Gasteiger partial charge on any atom is -0.428 e. The molecule has 0 bridgehead atoms. The van der Waals surface area contributed by atoms with Gasteiger partial charge in [0.25, 0.3) is 0 Å². The second kappa shape index (κ2) is 6.76. The van der Waals surface area contributed by atoms with Crippen LogP contribution in [0.5, 0.6) is 0 Å². The summed E-state index contributed by atoms with van der Waals surface area (Å²) in [5.74, 6) is -0.361. The molecule has 2 aliphatic rings. The zero-order valence-electron chi connectivity index (χ0n) is 10.9. The van der Waals surface area contributed by atoms with E-state index in [0.29, 0.717) is 0 Å². The summed E-state index contributed by atoms with van der Waals surface area (Å²) in [6.45, 7) is -0.204. The zero-order valence-corrected chi connectivity index (χ0v) is 10.9. The van der Waals surface area contributed by atoms with Crippen molar-refractivity contribution in [3.05, 3.63) is 0 Å². The smallest absolute Gasteiger partial charge is 0.311 e. The van der Waals surface area contributed by atoms with E-state index in [4.69, 9.17) is 9.47 Å². The zero-order chi connectivity index (χ0) is 12.8. The first kappa shape index (κ1) is 13.4. The molecule has 0 N–H and O–H groups in total. The Morgan fingerprint density at radius 1 is 0.722 bits per heavy atom. The van der Waals surface area contributed by atoms with Crippen molar-refractivity contribution in [3.8, 4) is 0 Å². The highest BCUT2D eigenvalue weighted by molar-refractivity contribution is 5.74. The van der Waals surface area contributed by atoms with Gasteiger partial charge in [-0.1, -0.05) is 32.1 Å². The van der Waals surface area contributed by atoms with Crippen LogP contribution in [0, 0.1) is 11.8 Å².